The third-order valence-electron chi connectivity index (χ3n) is 4.96. The van der Waals surface area contributed by atoms with E-state index in [1.165, 1.54) is 0 Å². The highest BCUT2D eigenvalue weighted by Gasteiger charge is 2.22. The molecular formula is C25H35N3O4S. The van der Waals surface area contributed by atoms with Crippen LogP contribution in [0.3, 0.4) is 0 Å². The lowest BCUT2D eigenvalue weighted by Gasteiger charge is -2.28. The van der Waals surface area contributed by atoms with Crippen LogP contribution in [0.4, 0.5) is 0 Å². The summed E-state index contributed by atoms with van der Waals surface area (Å²) in [5.74, 6) is -0.721. The van der Waals surface area contributed by atoms with E-state index in [1.807, 2.05) is 66.4 Å². The van der Waals surface area contributed by atoms with Gasteiger partial charge in [0.1, 0.15) is 11.4 Å². The van der Waals surface area contributed by atoms with Crippen molar-refractivity contribution in [2.45, 2.75) is 32.2 Å². The number of nitrogens with one attached hydrogen (secondary N) is 1. The fraction of sp³-hybridized carbons (Fsp3) is 0.400. The van der Waals surface area contributed by atoms with Crippen LogP contribution < -0.4 is 11.1 Å². The minimum absolute atomic E-state index is 0.0627. The molecule has 0 aromatic heterocycles. The third-order valence-corrected chi connectivity index (χ3v) is 5.83. The van der Waals surface area contributed by atoms with Crippen LogP contribution in [0.1, 0.15) is 25.3 Å². The second-order valence-corrected chi connectivity index (χ2v) is 8.62. The first-order valence-corrected chi connectivity index (χ1v) is 11.9. The summed E-state index contributed by atoms with van der Waals surface area (Å²) >= 11 is 1.05. The van der Waals surface area contributed by atoms with Crippen LogP contribution in [0.25, 0.3) is 0 Å². The van der Waals surface area contributed by atoms with Crippen molar-refractivity contribution in [1.82, 2.24) is 10.2 Å². The number of thioether (sulfide) groups is 1. The second-order valence-electron chi connectivity index (χ2n) is 7.63. The molecule has 8 heteroatoms. The SMILES string of the molecule is CCC(C(N)=O)N(C)CC(CC=O)CNC(=O)CSC(O)=CCc1ccccccccc1. The summed E-state index contributed by atoms with van der Waals surface area (Å²) in [5.41, 5.74) is 6.44. The first-order chi connectivity index (χ1) is 15.9. The Morgan fingerprint density at radius 2 is 1.76 bits per heavy atom. The molecular weight excluding hydrogens is 438 g/mol. The minimum atomic E-state index is -0.410. The van der Waals surface area contributed by atoms with Crippen LogP contribution in [-0.4, -0.2) is 60.0 Å². The number of hydrogen-bond acceptors (Lipinski definition) is 6. The van der Waals surface area contributed by atoms with Gasteiger partial charge in [0.2, 0.25) is 11.8 Å². The van der Waals surface area contributed by atoms with Gasteiger partial charge in [0.25, 0.3) is 0 Å². The number of hydrogen-bond donors (Lipinski definition) is 3. The molecule has 7 nitrogen and oxygen atoms in total. The normalized spacial score (nSPS) is 13.0. The van der Waals surface area contributed by atoms with Crippen molar-refractivity contribution < 1.29 is 19.5 Å². The molecule has 0 radical (unpaired) electrons. The Bertz CT molecular complexity index is 821. The number of carbonyl (C=O) groups is 3. The third kappa shape index (κ3) is 12.7. The zero-order valence-corrected chi connectivity index (χ0v) is 20.2. The van der Waals surface area contributed by atoms with Crippen LogP contribution in [0, 0.1) is 5.92 Å². The maximum absolute atomic E-state index is 12.2. The number of likely N-dealkylation sites (N-methyl/N-ethyl adjacent to an activating group) is 1. The molecule has 1 rings (SSSR count). The lowest BCUT2D eigenvalue weighted by molar-refractivity contribution is -0.123. The summed E-state index contributed by atoms with van der Waals surface area (Å²) < 4.78 is 0. The van der Waals surface area contributed by atoms with E-state index in [2.05, 4.69) is 5.32 Å². The summed E-state index contributed by atoms with van der Waals surface area (Å²) in [6.45, 7) is 2.63. The zero-order chi connectivity index (χ0) is 24.5. The van der Waals surface area contributed by atoms with Gasteiger partial charge in [0.05, 0.1) is 11.8 Å². The van der Waals surface area contributed by atoms with Gasteiger partial charge in [0.15, 0.2) is 0 Å². The largest absolute Gasteiger partial charge is 0.502 e. The maximum Gasteiger partial charge on any atom is 0.234 e. The van der Waals surface area contributed by atoms with E-state index in [1.54, 1.807) is 13.1 Å². The van der Waals surface area contributed by atoms with E-state index in [9.17, 15) is 19.5 Å². The quantitative estimate of drug-likeness (QED) is 0.283. The lowest BCUT2D eigenvalue weighted by atomic mass is 10.0. The molecule has 1 aromatic rings. The summed E-state index contributed by atoms with van der Waals surface area (Å²) in [7, 11) is 1.78. The van der Waals surface area contributed by atoms with Crippen molar-refractivity contribution in [2.24, 2.45) is 11.7 Å². The van der Waals surface area contributed by atoms with Crippen molar-refractivity contribution >= 4 is 29.9 Å². The van der Waals surface area contributed by atoms with E-state index < -0.39 is 11.9 Å². The topological polar surface area (TPSA) is 113 Å². The number of aldehydes is 1. The highest BCUT2D eigenvalue weighted by Crippen LogP contribution is 2.13. The summed E-state index contributed by atoms with van der Waals surface area (Å²) in [5, 5.41) is 13.0. The summed E-state index contributed by atoms with van der Waals surface area (Å²) in [4.78, 5) is 36.6. The molecule has 2 amide bonds. The van der Waals surface area contributed by atoms with E-state index in [4.69, 9.17) is 5.73 Å². The number of rotatable bonds is 14. The number of nitrogens with zero attached hydrogens (tertiary/aromatic N) is 1. The number of allylic oxidation sites excluding steroid dienone is 1. The molecule has 0 aliphatic rings. The van der Waals surface area contributed by atoms with E-state index in [0.717, 1.165) is 23.6 Å². The van der Waals surface area contributed by atoms with Crippen LogP contribution in [0.2, 0.25) is 0 Å². The zero-order valence-electron chi connectivity index (χ0n) is 19.4. The summed E-state index contributed by atoms with van der Waals surface area (Å²) in [6, 6.07) is 17.0. The number of amides is 2. The van der Waals surface area contributed by atoms with Gasteiger partial charge in [-0.2, -0.15) is 0 Å². The van der Waals surface area contributed by atoms with Gasteiger partial charge in [-0.05, 0) is 37.4 Å². The van der Waals surface area contributed by atoms with E-state index in [0.29, 0.717) is 25.9 Å². The molecule has 0 heterocycles. The van der Waals surface area contributed by atoms with Crippen molar-refractivity contribution in [3.05, 3.63) is 71.3 Å². The van der Waals surface area contributed by atoms with E-state index >= 15 is 0 Å². The molecule has 0 spiro atoms. The Hall–Kier alpha value is -2.84. The van der Waals surface area contributed by atoms with Gasteiger partial charge in [-0.15, -0.1) is 0 Å². The van der Waals surface area contributed by atoms with Gasteiger partial charge in [-0.3, -0.25) is 14.5 Å². The smallest absolute Gasteiger partial charge is 0.234 e. The van der Waals surface area contributed by atoms with Gasteiger partial charge in [-0.1, -0.05) is 73.3 Å². The molecule has 1 aromatic carbocycles. The highest BCUT2D eigenvalue weighted by molar-refractivity contribution is 8.03. The number of aliphatic hydroxyl groups is 1. The molecule has 0 fully saturated rings. The first-order valence-electron chi connectivity index (χ1n) is 11.0. The molecule has 0 aliphatic carbocycles. The van der Waals surface area contributed by atoms with Gasteiger partial charge in [0, 0.05) is 19.5 Å². The van der Waals surface area contributed by atoms with Crippen LogP contribution in [0.5, 0.6) is 0 Å². The maximum atomic E-state index is 12.2. The number of carbonyl (C=O) groups excluding carboxylic acids is 3. The molecule has 2 atom stereocenters. The van der Waals surface area contributed by atoms with Crippen molar-refractivity contribution in [3.63, 3.8) is 0 Å². The molecule has 0 saturated heterocycles. The van der Waals surface area contributed by atoms with Crippen molar-refractivity contribution in [3.8, 4) is 0 Å². The average Bonchev–Trinajstić information content (AvgIpc) is 2.78. The lowest BCUT2D eigenvalue weighted by Crippen LogP contribution is -2.45. The Kier molecular flexibility index (Phi) is 14.3. The predicted octanol–water partition coefficient (Wildman–Crippen LogP) is 3.00. The number of nitrogens with two attached hydrogens (primary N) is 1. The summed E-state index contributed by atoms with van der Waals surface area (Å²) in [6.07, 6.45) is 3.85. The van der Waals surface area contributed by atoms with Gasteiger partial charge in [-0.25, -0.2) is 0 Å². The Balaban J connectivity index is 2.53. The molecule has 0 bridgehead atoms. The molecule has 0 aliphatic heterocycles. The highest BCUT2D eigenvalue weighted by atomic mass is 32.2. The van der Waals surface area contributed by atoms with E-state index in [-0.39, 0.29) is 29.1 Å². The molecule has 33 heavy (non-hydrogen) atoms. The van der Waals surface area contributed by atoms with Crippen LogP contribution in [-0.2, 0) is 20.8 Å². The standard InChI is InChI=1S/C25H35N3O4S/c1-3-22(25(26)32)28(2)18-21(15-16-29)17-27-23(30)19-33-24(31)14-13-20-11-9-7-5-4-6-8-10-12-20/h4-12,14,16,21-22,31H,3,13,15,17-19H2,1-2H3,(H2,26,32)(H,27,30). The minimum Gasteiger partial charge on any atom is -0.502 e. The number of aliphatic hydroxyl groups excluding tert-OH is 1. The molecule has 4 N–H and O–H groups in total. The Labute approximate surface area is 200 Å². The van der Waals surface area contributed by atoms with Crippen molar-refractivity contribution in [1.29, 1.82) is 0 Å². The Morgan fingerprint density at radius 3 is 2.30 bits per heavy atom. The second kappa shape index (κ2) is 16.7. The van der Waals surface area contributed by atoms with Crippen LogP contribution >= 0.6 is 11.8 Å². The monoisotopic (exact) mass is 473 g/mol. The Morgan fingerprint density at radius 1 is 1.15 bits per heavy atom. The molecule has 2 unspecified atom stereocenters. The van der Waals surface area contributed by atoms with Crippen LogP contribution in [0.15, 0.2) is 65.8 Å². The fourth-order valence-electron chi connectivity index (χ4n) is 3.21. The molecule has 0 saturated carbocycles. The van der Waals surface area contributed by atoms with Crippen molar-refractivity contribution in [2.75, 3.05) is 25.9 Å². The first kappa shape index (κ1) is 28.2. The fourth-order valence-corrected chi connectivity index (χ4v) is 3.79. The van der Waals surface area contributed by atoms with Gasteiger partial charge >= 0.3 is 0 Å². The molecule has 180 valence electrons. The number of primary amides is 1. The average molecular weight is 474 g/mol. The van der Waals surface area contributed by atoms with Gasteiger partial charge < -0.3 is 21.0 Å². The predicted molar refractivity (Wildman–Crippen MR) is 134 cm³/mol.